The van der Waals surface area contributed by atoms with Gasteiger partial charge in [-0.05, 0) is 6.42 Å². The molecule has 0 aliphatic carbocycles. The van der Waals surface area contributed by atoms with E-state index < -0.39 is 0 Å². The van der Waals surface area contributed by atoms with Crippen molar-refractivity contribution in [3.05, 3.63) is 24.6 Å². The second kappa shape index (κ2) is 4.56. The summed E-state index contributed by atoms with van der Waals surface area (Å²) in [5, 5.41) is 0. The minimum Gasteiger partial charge on any atom is -0.448 e. The van der Waals surface area contributed by atoms with Gasteiger partial charge < -0.3 is 10.5 Å². The van der Waals surface area contributed by atoms with Crippen molar-refractivity contribution in [3.8, 4) is 0 Å². The Balaban J connectivity index is 2.35. The van der Waals surface area contributed by atoms with Crippen LogP contribution in [0.1, 0.15) is 6.42 Å². The molecule has 0 aromatic rings. The van der Waals surface area contributed by atoms with E-state index in [2.05, 4.69) is 0 Å². The number of nitrogens with zero attached hydrogens (tertiary/aromatic N) is 1. The lowest BCUT2D eigenvalue weighted by Crippen LogP contribution is -2.24. The third kappa shape index (κ3) is 2.39. The highest BCUT2D eigenvalue weighted by molar-refractivity contribution is 5.70. The fourth-order valence-electron chi connectivity index (χ4n) is 0.820. The minimum atomic E-state index is -0.382. The van der Waals surface area contributed by atoms with Crippen molar-refractivity contribution < 1.29 is 9.53 Å². The third-order valence-electron chi connectivity index (χ3n) is 1.36. The molecule has 1 amide bonds. The van der Waals surface area contributed by atoms with E-state index in [1.54, 1.807) is 12.4 Å². The summed E-state index contributed by atoms with van der Waals surface area (Å²) in [6.07, 6.45) is 7.60. The molecule has 1 aliphatic rings. The van der Waals surface area contributed by atoms with Gasteiger partial charge in [0.1, 0.15) is 6.61 Å². The van der Waals surface area contributed by atoms with E-state index in [4.69, 9.17) is 10.5 Å². The molecular weight excluding hydrogens is 156 g/mol. The van der Waals surface area contributed by atoms with Gasteiger partial charge in [-0.1, -0.05) is 12.2 Å². The first kappa shape index (κ1) is 8.80. The van der Waals surface area contributed by atoms with Gasteiger partial charge in [0.25, 0.3) is 0 Å². The molecule has 0 atom stereocenters. The number of hydrogen-bond acceptors (Lipinski definition) is 3. The molecular formula is C8H12N2O2. The minimum absolute atomic E-state index is 0.261. The molecule has 0 bridgehead atoms. The molecule has 4 heteroatoms. The number of allylic oxidation sites excluding steroid dienone is 2. The Morgan fingerprint density at radius 2 is 2.17 bits per heavy atom. The van der Waals surface area contributed by atoms with Gasteiger partial charge in [0.2, 0.25) is 0 Å². The zero-order valence-electron chi connectivity index (χ0n) is 6.77. The molecule has 0 fully saturated rings. The van der Waals surface area contributed by atoms with Crippen LogP contribution in [0.3, 0.4) is 0 Å². The molecule has 0 radical (unpaired) electrons. The molecule has 2 N–H and O–H groups in total. The predicted octanol–water partition coefficient (Wildman–Crippen LogP) is 0.815. The van der Waals surface area contributed by atoms with Gasteiger partial charge in [0.15, 0.2) is 0 Å². The van der Waals surface area contributed by atoms with Crippen molar-refractivity contribution in [3.63, 3.8) is 0 Å². The molecule has 0 aromatic heterocycles. The standard InChI is InChI=1S/C8H12N2O2/c9-4-7-12-8(11)10-5-2-1-3-6-10/h2-3,5-6H,1,4,7,9H2. The number of carbonyl (C=O) groups is 1. The first-order valence-corrected chi connectivity index (χ1v) is 3.83. The smallest absolute Gasteiger partial charge is 0.417 e. The lowest BCUT2D eigenvalue weighted by molar-refractivity contribution is 0.130. The first-order chi connectivity index (χ1) is 5.84. The van der Waals surface area contributed by atoms with Gasteiger partial charge in [-0.25, -0.2) is 4.79 Å². The van der Waals surface area contributed by atoms with Crippen molar-refractivity contribution in [1.82, 2.24) is 4.90 Å². The largest absolute Gasteiger partial charge is 0.448 e. The highest BCUT2D eigenvalue weighted by Gasteiger charge is 2.09. The maximum atomic E-state index is 11.1. The maximum Gasteiger partial charge on any atom is 0.417 e. The van der Waals surface area contributed by atoms with Crippen LogP contribution in [0, 0.1) is 0 Å². The van der Waals surface area contributed by atoms with Gasteiger partial charge in [0, 0.05) is 18.9 Å². The molecule has 0 aromatic carbocycles. The monoisotopic (exact) mass is 168 g/mol. The van der Waals surface area contributed by atoms with E-state index in [1.807, 2.05) is 12.2 Å². The highest BCUT2D eigenvalue weighted by Crippen LogP contribution is 2.03. The average molecular weight is 168 g/mol. The number of rotatable bonds is 2. The van der Waals surface area contributed by atoms with Crippen LogP contribution in [0.15, 0.2) is 24.6 Å². The number of carbonyl (C=O) groups excluding carboxylic acids is 1. The molecule has 1 rings (SSSR count). The van der Waals surface area contributed by atoms with Crippen molar-refractivity contribution in [2.75, 3.05) is 13.2 Å². The lowest BCUT2D eigenvalue weighted by atomic mass is 10.3. The molecule has 66 valence electrons. The number of amides is 1. The summed E-state index contributed by atoms with van der Waals surface area (Å²) in [5.41, 5.74) is 5.17. The fourth-order valence-corrected chi connectivity index (χ4v) is 0.820. The van der Waals surface area contributed by atoms with E-state index in [0.717, 1.165) is 6.42 Å². The van der Waals surface area contributed by atoms with Crippen LogP contribution in [-0.2, 0) is 4.74 Å². The quantitative estimate of drug-likeness (QED) is 0.664. The zero-order valence-corrected chi connectivity index (χ0v) is 6.77. The first-order valence-electron chi connectivity index (χ1n) is 3.83. The zero-order chi connectivity index (χ0) is 8.81. The summed E-state index contributed by atoms with van der Waals surface area (Å²) >= 11 is 0. The van der Waals surface area contributed by atoms with Crippen molar-refractivity contribution in [1.29, 1.82) is 0 Å². The second-order valence-electron chi connectivity index (χ2n) is 2.32. The summed E-state index contributed by atoms with van der Waals surface area (Å²) in [6, 6.07) is 0. The van der Waals surface area contributed by atoms with Gasteiger partial charge in [-0.3, -0.25) is 4.90 Å². The number of hydrogen-bond donors (Lipinski definition) is 1. The van der Waals surface area contributed by atoms with Crippen LogP contribution in [-0.4, -0.2) is 24.1 Å². The van der Waals surface area contributed by atoms with Crippen LogP contribution >= 0.6 is 0 Å². The Kier molecular flexibility index (Phi) is 3.35. The topological polar surface area (TPSA) is 55.6 Å². The Labute approximate surface area is 71.3 Å². The summed E-state index contributed by atoms with van der Waals surface area (Å²) < 4.78 is 4.79. The van der Waals surface area contributed by atoms with Crippen LogP contribution in [0.2, 0.25) is 0 Å². The predicted molar refractivity (Wildman–Crippen MR) is 45.1 cm³/mol. The van der Waals surface area contributed by atoms with E-state index in [9.17, 15) is 4.79 Å². The summed E-state index contributed by atoms with van der Waals surface area (Å²) in [6.45, 7) is 0.615. The Morgan fingerprint density at radius 3 is 2.75 bits per heavy atom. The molecule has 1 heterocycles. The normalized spacial score (nSPS) is 14.9. The molecule has 0 saturated carbocycles. The van der Waals surface area contributed by atoms with E-state index in [-0.39, 0.29) is 12.7 Å². The molecule has 12 heavy (non-hydrogen) atoms. The highest BCUT2D eigenvalue weighted by atomic mass is 16.6. The maximum absolute atomic E-state index is 11.1. The van der Waals surface area contributed by atoms with Crippen LogP contribution in [0.5, 0.6) is 0 Å². The van der Waals surface area contributed by atoms with E-state index in [0.29, 0.717) is 6.54 Å². The van der Waals surface area contributed by atoms with Crippen LogP contribution in [0.4, 0.5) is 4.79 Å². The van der Waals surface area contributed by atoms with Gasteiger partial charge >= 0.3 is 6.09 Å². The number of ether oxygens (including phenoxy) is 1. The molecule has 1 aliphatic heterocycles. The van der Waals surface area contributed by atoms with Crippen molar-refractivity contribution in [2.45, 2.75) is 6.42 Å². The Morgan fingerprint density at radius 1 is 1.50 bits per heavy atom. The van der Waals surface area contributed by atoms with Gasteiger partial charge in [-0.2, -0.15) is 0 Å². The molecule has 0 spiro atoms. The van der Waals surface area contributed by atoms with Gasteiger partial charge in [0.05, 0.1) is 0 Å². The molecule has 0 unspecified atom stereocenters. The summed E-state index contributed by atoms with van der Waals surface area (Å²) in [4.78, 5) is 12.5. The lowest BCUT2D eigenvalue weighted by Gasteiger charge is -2.14. The molecule has 4 nitrogen and oxygen atoms in total. The van der Waals surface area contributed by atoms with Crippen LogP contribution < -0.4 is 5.73 Å². The van der Waals surface area contributed by atoms with Crippen LogP contribution in [0.25, 0.3) is 0 Å². The van der Waals surface area contributed by atoms with Crippen molar-refractivity contribution >= 4 is 6.09 Å². The second-order valence-corrected chi connectivity index (χ2v) is 2.32. The van der Waals surface area contributed by atoms with Gasteiger partial charge in [-0.15, -0.1) is 0 Å². The Bertz CT molecular complexity index is 199. The average Bonchev–Trinajstić information content (AvgIpc) is 2.15. The third-order valence-corrected chi connectivity index (χ3v) is 1.36. The Hall–Kier alpha value is -1.29. The summed E-state index contributed by atoms with van der Waals surface area (Å²) in [7, 11) is 0. The number of nitrogens with two attached hydrogens (primary N) is 1. The SMILES string of the molecule is NCCOC(=O)N1C=CCC=C1. The fraction of sp³-hybridized carbons (Fsp3) is 0.375. The van der Waals surface area contributed by atoms with E-state index >= 15 is 0 Å². The summed E-state index contributed by atoms with van der Waals surface area (Å²) in [5.74, 6) is 0. The molecule has 0 saturated heterocycles. The van der Waals surface area contributed by atoms with Crippen molar-refractivity contribution in [2.24, 2.45) is 5.73 Å². The van der Waals surface area contributed by atoms with E-state index in [1.165, 1.54) is 4.90 Å².